The molecule has 2 amide bonds. The molecule has 0 aliphatic carbocycles. The minimum atomic E-state index is -0.630. The highest BCUT2D eigenvalue weighted by molar-refractivity contribution is 6.06. The molecule has 0 unspecified atom stereocenters. The number of nitrogens with one attached hydrogen (secondary N) is 3. The van der Waals surface area contributed by atoms with Gasteiger partial charge in [0, 0.05) is 29.4 Å². The largest absolute Gasteiger partial charge is 0.461 e. The second-order valence-electron chi connectivity index (χ2n) is 8.17. The fourth-order valence-corrected chi connectivity index (χ4v) is 3.53. The number of carbonyl (C=O) groups is 4. The van der Waals surface area contributed by atoms with Gasteiger partial charge in [0.1, 0.15) is 0 Å². The van der Waals surface area contributed by atoms with Crippen molar-refractivity contribution in [1.29, 1.82) is 0 Å². The van der Waals surface area contributed by atoms with Gasteiger partial charge >= 0.3 is 5.97 Å². The van der Waals surface area contributed by atoms with Crippen LogP contribution in [0.4, 0.5) is 17.2 Å². The Labute approximate surface area is 221 Å². The van der Waals surface area contributed by atoms with Crippen molar-refractivity contribution in [1.82, 2.24) is 25.3 Å². The minimum Gasteiger partial charge on any atom is -0.461 e. The summed E-state index contributed by atoms with van der Waals surface area (Å²) in [5.74, 6) is -1.39. The number of hydrogen-bond acceptors (Lipinski definition) is 11. The van der Waals surface area contributed by atoms with Gasteiger partial charge in [-0.15, -0.1) is 5.10 Å². The zero-order valence-electron chi connectivity index (χ0n) is 21.2. The lowest BCUT2D eigenvalue weighted by Gasteiger charge is -2.09. The SMILES string of the molecule is CCOC(=O)c1nnn(-c2nonc2NCC(=O)c2cccc(NC(=O)c3cccc(NC(C)=O)c3)c2)c1C. The molecule has 0 bridgehead atoms. The van der Waals surface area contributed by atoms with E-state index in [0.717, 1.165) is 0 Å². The van der Waals surface area contributed by atoms with Crippen LogP contribution in [-0.4, -0.2) is 62.0 Å². The van der Waals surface area contributed by atoms with Crippen LogP contribution in [0.25, 0.3) is 5.82 Å². The van der Waals surface area contributed by atoms with Crippen molar-refractivity contribution in [2.45, 2.75) is 20.8 Å². The van der Waals surface area contributed by atoms with Crippen LogP contribution in [-0.2, 0) is 9.53 Å². The average Bonchev–Trinajstić information content (AvgIpc) is 3.53. The fraction of sp³-hybridized carbons (Fsp3) is 0.200. The Hall–Kier alpha value is -5.40. The molecular weight excluding hydrogens is 508 g/mol. The van der Waals surface area contributed by atoms with Crippen LogP contribution >= 0.6 is 0 Å². The predicted octanol–water partition coefficient (Wildman–Crippen LogP) is 2.64. The molecule has 0 fully saturated rings. The van der Waals surface area contributed by atoms with E-state index in [1.54, 1.807) is 56.3 Å². The van der Waals surface area contributed by atoms with Gasteiger partial charge < -0.3 is 20.7 Å². The first-order chi connectivity index (χ1) is 18.8. The molecule has 3 N–H and O–H groups in total. The van der Waals surface area contributed by atoms with E-state index in [4.69, 9.17) is 9.37 Å². The minimum absolute atomic E-state index is 0.0163. The maximum atomic E-state index is 12.9. The summed E-state index contributed by atoms with van der Waals surface area (Å²) in [5.41, 5.74) is 1.92. The summed E-state index contributed by atoms with van der Waals surface area (Å²) in [6.07, 6.45) is 0. The summed E-state index contributed by atoms with van der Waals surface area (Å²) in [4.78, 5) is 48.9. The van der Waals surface area contributed by atoms with Gasteiger partial charge in [0.05, 0.1) is 18.8 Å². The third kappa shape index (κ3) is 6.30. The number of ether oxygens (including phenoxy) is 1. The van der Waals surface area contributed by atoms with Crippen LogP contribution < -0.4 is 16.0 Å². The molecule has 200 valence electrons. The predicted molar refractivity (Wildman–Crippen MR) is 138 cm³/mol. The highest BCUT2D eigenvalue weighted by atomic mass is 16.6. The van der Waals surface area contributed by atoms with Crippen LogP contribution in [0.15, 0.2) is 53.2 Å². The quantitative estimate of drug-likeness (QED) is 0.201. The highest BCUT2D eigenvalue weighted by Gasteiger charge is 2.23. The number of amides is 2. The van der Waals surface area contributed by atoms with Gasteiger partial charge in [-0.05, 0) is 54.5 Å². The molecule has 14 heteroatoms. The van der Waals surface area contributed by atoms with Crippen LogP contribution in [0.5, 0.6) is 0 Å². The van der Waals surface area contributed by atoms with Gasteiger partial charge in [0.2, 0.25) is 17.5 Å². The molecule has 0 saturated heterocycles. The second kappa shape index (κ2) is 11.8. The van der Waals surface area contributed by atoms with E-state index in [2.05, 4.69) is 36.6 Å². The Morgan fingerprint density at radius 1 is 0.974 bits per heavy atom. The lowest BCUT2D eigenvalue weighted by molar-refractivity contribution is -0.114. The molecule has 0 aliphatic rings. The zero-order valence-corrected chi connectivity index (χ0v) is 21.2. The third-order valence-electron chi connectivity index (χ3n) is 5.34. The number of Topliss-reactive ketones (excluding diaryl/α,β-unsaturated/α-hetero) is 1. The fourth-order valence-electron chi connectivity index (χ4n) is 3.53. The molecule has 4 aromatic rings. The normalized spacial score (nSPS) is 10.5. The van der Waals surface area contributed by atoms with E-state index in [1.165, 1.54) is 17.7 Å². The van der Waals surface area contributed by atoms with Crippen molar-refractivity contribution in [2.75, 3.05) is 29.1 Å². The van der Waals surface area contributed by atoms with Crippen molar-refractivity contribution >= 4 is 40.8 Å². The van der Waals surface area contributed by atoms with Crippen molar-refractivity contribution in [3.05, 3.63) is 71.0 Å². The van der Waals surface area contributed by atoms with Crippen LogP contribution in [0.3, 0.4) is 0 Å². The molecule has 4 rings (SSSR count). The number of aromatic nitrogens is 5. The van der Waals surface area contributed by atoms with Crippen molar-refractivity contribution in [2.24, 2.45) is 0 Å². The molecular formula is C25H24N8O6. The van der Waals surface area contributed by atoms with Crippen LogP contribution in [0.1, 0.15) is 50.7 Å². The van der Waals surface area contributed by atoms with Gasteiger partial charge in [-0.3, -0.25) is 14.4 Å². The molecule has 0 atom stereocenters. The number of nitrogens with zero attached hydrogens (tertiary/aromatic N) is 5. The smallest absolute Gasteiger partial charge is 0.360 e. The molecule has 2 heterocycles. The second-order valence-corrected chi connectivity index (χ2v) is 8.17. The van der Waals surface area contributed by atoms with Gasteiger partial charge in [-0.1, -0.05) is 23.4 Å². The summed E-state index contributed by atoms with van der Waals surface area (Å²) in [5, 5.41) is 23.5. The summed E-state index contributed by atoms with van der Waals surface area (Å²) in [6, 6.07) is 12.9. The van der Waals surface area contributed by atoms with E-state index in [9.17, 15) is 19.2 Å². The lowest BCUT2D eigenvalue weighted by atomic mass is 10.1. The lowest BCUT2D eigenvalue weighted by Crippen LogP contribution is -2.17. The van der Waals surface area contributed by atoms with E-state index >= 15 is 0 Å². The monoisotopic (exact) mass is 532 g/mol. The number of ketones is 1. The Bertz CT molecular complexity index is 1540. The number of rotatable bonds is 10. The summed E-state index contributed by atoms with van der Waals surface area (Å²) < 4.78 is 11.0. The number of benzene rings is 2. The first-order valence-corrected chi connectivity index (χ1v) is 11.7. The van der Waals surface area contributed by atoms with Gasteiger partial charge in [0.15, 0.2) is 11.5 Å². The number of anilines is 3. The van der Waals surface area contributed by atoms with Gasteiger partial charge in [-0.25, -0.2) is 9.42 Å². The van der Waals surface area contributed by atoms with E-state index in [0.29, 0.717) is 28.2 Å². The third-order valence-corrected chi connectivity index (χ3v) is 5.34. The van der Waals surface area contributed by atoms with Crippen molar-refractivity contribution in [3.63, 3.8) is 0 Å². The molecule has 39 heavy (non-hydrogen) atoms. The Morgan fingerprint density at radius 3 is 2.38 bits per heavy atom. The van der Waals surface area contributed by atoms with E-state index < -0.39 is 11.9 Å². The highest BCUT2D eigenvalue weighted by Crippen LogP contribution is 2.19. The van der Waals surface area contributed by atoms with E-state index in [1.807, 2.05) is 0 Å². The topological polar surface area (TPSA) is 183 Å². The summed E-state index contributed by atoms with van der Waals surface area (Å²) in [7, 11) is 0. The number of hydrogen-bond donors (Lipinski definition) is 3. The number of carbonyl (C=O) groups excluding carboxylic acids is 4. The molecule has 2 aromatic heterocycles. The first-order valence-electron chi connectivity index (χ1n) is 11.7. The summed E-state index contributed by atoms with van der Waals surface area (Å²) in [6.45, 7) is 4.65. The van der Waals surface area contributed by atoms with Gasteiger partial charge in [0.25, 0.3) is 5.91 Å². The number of esters is 1. The maximum absolute atomic E-state index is 12.9. The molecule has 0 radical (unpaired) electrons. The van der Waals surface area contributed by atoms with Gasteiger partial charge in [-0.2, -0.15) is 4.68 Å². The molecule has 14 nitrogen and oxygen atoms in total. The average molecular weight is 533 g/mol. The Kier molecular flexibility index (Phi) is 8.04. The molecule has 2 aromatic carbocycles. The molecule has 0 aliphatic heterocycles. The van der Waals surface area contributed by atoms with Crippen LogP contribution in [0.2, 0.25) is 0 Å². The summed E-state index contributed by atoms with van der Waals surface area (Å²) >= 11 is 0. The van der Waals surface area contributed by atoms with Crippen molar-refractivity contribution in [3.8, 4) is 5.82 Å². The van der Waals surface area contributed by atoms with Crippen LogP contribution in [0, 0.1) is 6.92 Å². The molecule has 0 saturated carbocycles. The Balaban J connectivity index is 1.42. The van der Waals surface area contributed by atoms with E-state index in [-0.39, 0.29) is 42.2 Å². The van der Waals surface area contributed by atoms with Crippen molar-refractivity contribution < 1.29 is 28.5 Å². The standard InChI is InChI=1S/C25H24N8O6/c1-4-38-25(37)21-14(2)33(32-29-21)23-22(30-39-31-23)26-13-20(35)16-7-5-10-19(11-16)28-24(36)17-8-6-9-18(12-17)27-15(3)34/h5-12H,4,13H2,1-3H3,(H,26,30)(H,27,34)(H,28,36). The first kappa shape index (κ1) is 26.7. The maximum Gasteiger partial charge on any atom is 0.360 e. The Morgan fingerprint density at radius 2 is 1.67 bits per heavy atom. The zero-order chi connectivity index (χ0) is 27.9. The molecule has 0 spiro atoms.